The summed E-state index contributed by atoms with van der Waals surface area (Å²) in [7, 11) is 0. The molecular weight excluding hydrogens is 186 g/mol. The Labute approximate surface area is 81.4 Å². The molecule has 13 heavy (non-hydrogen) atoms. The Hall–Kier alpha value is -0.680. The van der Waals surface area contributed by atoms with E-state index in [1.54, 1.807) is 0 Å². The van der Waals surface area contributed by atoms with Crippen LogP contribution in [0.5, 0.6) is 0 Å². The molecule has 1 aromatic rings. The molecule has 0 unspecified atom stereocenters. The lowest BCUT2D eigenvalue weighted by Crippen LogP contribution is -2.20. The van der Waals surface area contributed by atoms with Gasteiger partial charge in [0.15, 0.2) is 0 Å². The highest BCUT2D eigenvalue weighted by Crippen LogP contribution is 2.22. The minimum absolute atomic E-state index is 0.186. The van der Waals surface area contributed by atoms with Crippen LogP contribution in [0.2, 0.25) is 0 Å². The van der Waals surface area contributed by atoms with Gasteiger partial charge in [0.05, 0.1) is 6.10 Å². The van der Waals surface area contributed by atoms with Gasteiger partial charge in [0.1, 0.15) is 5.82 Å². The zero-order valence-corrected chi connectivity index (χ0v) is 8.42. The number of rotatable bonds is 2. The monoisotopic (exact) mass is 199 g/mol. The fraction of sp³-hybridized carbons (Fsp3) is 0.750. The van der Waals surface area contributed by atoms with Crippen molar-refractivity contribution in [3.8, 4) is 0 Å². The third-order valence-electron chi connectivity index (χ3n) is 2.21. The number of nitrogens with zero attached hydrogens (tertiary/aromatic N) is 3. The van der Waals surface area contributed by atoms with Crippen LogP contribution in [0, 0.1) is 0 Å². The van der Waals surface area contributed by atoms with Crippen molar-refractivity contribution < 1.29 is 5.11 Å². The maximum atomic E-state index is 9.34. The maximum Gasteiger partial charge on any atom is 0.205 e. The summed E-state index contributed by atoms with van der Waals surface area (Å²) in [6.45, 7) is 3.66. The molecule has 72 valence electrons. The van der Waals surface area contributed by atoms with Gasteiger partial charge in [-0.25, -0.2) is 4.98 Å². The molecule has 1 fully saturated rings. The lowest BCUT2D eigenvalue weighted by molar-refractivity contribution is 0.198. The van der Waals surface area contributed by atoms with E-state index in [-0.39, 0.29) is 6.10 Å². The zero-order chi connectivity index (χ0) is 9.26. The lowest BCUT2D eigenvalue weighted by atomic mass is 10.3. The van der Waals surface area contributed by atoms with Gasteiger partial charge in [-0.05, 0) is 6.42 Å². The van der Waals surface area contributed by atoms with E-state index >= 15 is 0 Å². The van der Waals surface area contributed by atoms with Crippen LogP contribution in [-0.4, -0.2) is 33.7 Å². The number of aliphatic hydroxyl groups is 1. The second-order valence-corrected chi connectivity index (χ2v) is 3.97. The number of hydrogen-bond acceptors (Lipinski definition) is 5. The first-order chi connectivity index (χ1) is 6.29. The van der Waals surface area contributed by atoms with Crippen LogP contribution in [0.3, 0.4) is 0 Å². The number of anilines is 1. The van der Waals surface area contributed by atoms with Crippen LogP contribution in [0.15, 0.2) is 0 Å². The third-order valence-corrected chi connectivity index (χ3v) is 3.02. The van der Waals surface area contributed by atoms with Crippen molar-refractivity contribution in [2.45, 2.75) is 25.9 Å². The fourth-order valence-electron chi connectivity index (χ4n) is 1.43. The minimum atomic E-state index is -0.186. The summed E-state index contributed by atoms with van der Waals surface area (Å²) in [6.07, 6.45) is 1.54. The van der Waals surface area contributed by atoms with Gasteiger partial charge in [0, 0.05) is 31.0 Å². The predicted octanol–water partition coefficient (Wildman–Crippen LogP) is 0.671. The molecule has 1 aliphatic heterocycles. The number of aryl methyl sites for hydroxylation is 1. The van der Waals surface area contributed by atoms with Crippen molar-refractivity contribution in [2.24, 2.45) is 0 Å². The molecule has 0 aromatic carbocycles. The van der Waals surface area contributed by atoms with E-state index in [1.807, 2.05) is 6.92 Å². The summed E-state index contributed by atoms with van der Waals surface area (Å²) < 4.78 is 4.21. The molecule has 2 heterocycles. The minimum Gasteiger partial charge on any atom is -0.391 e. The smallest absolute Gasteiger partial charge is 0.205 e. The number of hydrogen-bond donors (Lipinski definition) is 1. The molecule has 1 aliphatic rings. The quantitative estimate of drug-likeness (QED) is 0.760. The van der Waals surface area contributed by atoms with Gasteiger partial charge < -0.3 is 10.0 Å². The van der Waals surface area contributed by atoms with Gasteiger partial charge >= 0.3 is 0 Å². The SMILES string of the molecule is CCc1nsc(N2CC[C@@H](O)C2)n1. The summed E-state index contributed by atoms with van der Waals surface area (Å²) in [5, 5.41) is 10.3. The molecule has 5 heteroatoms. The van der Waals surface area contributed by atoms with Gasteiger partial charge in [0.25, 0.3) is 0 Å². The second kappa shape index (κ2) is 3.59. The molecule has 1 atom stereocenters. The van der Waals surface area contributed by atoms with E-state index in [1.165, 1.54) is 11.5 Å². The fourth-order valence-corrected chi connectivity index (χ4v) is 2.22. The van der Waals surface area contributed by atoms with Gasteiger partial charge in [-0.2, -0.15) is 4.37 Å². The van der Waals surface area contributed by atoms with Crippen molar-refractivity contribution in [2.75, 3.05) is 18.0 Å². The number of aliphatic hydroxyl groups excluding tert-OH is 1. The molecule has 0 aliphatic carbocycles. The van der Waals surface area contributed by atoms with Crippen LogP contribution in [0.4, 0.5) is 5.13 Å². The van der Waals surface area contributed by atoms with Gasteiger partial charge in [-0.15, -0.1) is 0 Å². The Morgan fingerprint density at radius 1 is 1.69 bits per heavy atom. The van der Waals surface area contributed by atoms with E-state index < -0.39 is 0 Å². The molecule has 2 rings (SSSR count). The number of β-amino-alcohol motifs (C(OH)–C–C–N with tert-alkyl or cyclic N) is 1. The van der Waals surface area contributed by atoms with Crippen LogP contribution in [0.1, 0.15) is 19.2 Å². The van der Waals surface area contributed by atoms with E-state index in [0.717, 1.165) is 30.3 Å². The van der Waals surface area contributed by atoms with Crippen LogP contribution < -0.4 is 4.90 Å². The summed E-state index contributed by atoms with van der Waals surface area (Å²) in [5.74, 6) is 0.904. The maximum absolute atomic E-state index is 9.34. The molecular formula is C8H13N3OS. The van der Waals surface area contributed by atoms with E-state index in [9.17, 15) is 5.11 Å². The highest BCUT2D eigenvalue weighted by molar-refractivity contribution is 7.09. The van der Waals surface area contributed by atoms with Crippen LogP contribution >= 0.6 is 11.5 Å². The molecule has 0 radical (unpaired) electrons. The first kappa shape index (κ1) is 8.90. The van der Waals surface area contributed by atoms with Crippen LogP contribution in [0.25, 0.3) is 0 Å². The van der Waals surface area contributed by atoms with Crippen molar-refractivity contribution in [1.29, 1.82) is 0 Å². The van der Waals surface area contributed by atoms with Gasteiger partial charge in [0.2, 0.25) is 5.13 Å². The average molecular weight is 199 g/mol. The zero-order valence-electron chi connectivity index (χ0n) is 7.60. The molecule has 0 spiro atoms. The first-order valence-corrected chi connectivity index (χ1v) is 5.32. The summed E-state index contributed by atoms with van der Waals surface area (Å²) in [5.41, 5.74) is 0. The van der Waals surface area contributed by atoms with E-state index in [2.05, 4.69) is 14.3 Å². The summed E-state index contributed by atoms with van der Waals surface area (Å²) in [6, 6.07) is 0. The second-order valence-electron chi connectivity index (χ2n) is 3.24. The Morgan fingerprint density at radius 3 is 3.08 bits per heavy atom. The Bertz CT molecular complexity index is 289. The number of aromatic nitrogens is 2. The van der Waals surface area contributed by atoms with Crippen molar-refractivity contribution in [3.05, 3.63) is 5.82 Å². The molecule has 0 bridgehead atoms. The highest BCUT2D eigenvalue weighted by Gasteiger charge is 2.22. The molecule has 0 saturated carbocycles. The van der Waals surface area contributed by atoms with Crippen LogP contribution in [-0.2, 0) is 6.42 Å². The van der Waals surface area contributed by atoms with Crippen molar-refractivity contribution in [1.82, 2.24) is 9.36 Å². The lowest BCUT2D eigenvalue weighted by Gasteiger charge is -2.11. The normalized spacial score (nSPS) is 22.6. The average Bonchev–Trinajstić information content (AvgIpc) is 2.71. The topological polar surface area (TPSA) is 49.2 Å². The Kier molecular flexibility index (Phi) is 2.46. The van der Waals surface area contributed by atoms with E-state index in [4.69, 9.17) is 0 Å². The largest absolute Gasteiger partial charge is 0.391 e. The first-order valence-electron chi connectivity index (χ1n) is 4.55. The summed E-state index contributed by atoms with van der Waals surface area (Å²) >= 11 is 1.43. The Balaban J connectivity index is 2.08. The molecule has 1 saturated heterocycles. The molecule has 4 nitrogen and oxygen atoms in total. The molecule has 0 amide bonds. The van der Waals surface area contributed by atoms with Gasteiger partial charge in [-0.3, -0.25) is 0 Å². The molecule has 1 N–H and O–H groups in total. The highest BCUT2D eigenvalue weighted by atomic mass is 32.1. The predicted molar refractivity (Wildman–Crippen MR) is 52.1 cm³/mol. The van der Waals surface area contributed by atoms with Crippen molar-refractivity contribution >= 4 is 16.7 Å². The summed E-state index contributed by atoms with van der Waals surface area (Å²) in [4.78, 5) is 6.47. The van der Waals surface area contributed by atoms with E-state index in [0.29, 0.717) is 6.54 Å². The standard InChI is InChI=1S/C8H13N3OS/c1-2-7-9-8(13-10-7)11-4-3-6(12)5-11/h6,12H,2-5H2,1H3/t6-/m1/s1. The van der Waals surface area contributed by atoms with Crippen molar-refractivity contribution in [3.63, 3.8) is 0 Å². The Morgan fingerprint density at radius 2 is 2.54 bits per heavy atom. The third kappa shape index (κ3) is 1.81. The van der Waals surface area contributed by atoms with Gasteiger partial charge in [-0.1, -0.05) is 6.92 Å². The molecule has 1 aromatic heterocycles.